The average molecular weight is 388 g/mol. The average Bonchev–Trinajstić information content (AvgIpc) is 3.38. The number of aromatic amines is 2. The molecule has 2 aromatic heterocycles. The fourth-order valence-electron chi connectivity index (χ4n) is 3.14. The van der Waals surface area contributed by atoms with E-state index in [0.29, 0.717) is 12.4 Å². The fraction of sp³-hybridized carbons (Fsp3) is 0.143. The summed E-state index contributed by atoms with van der Waals surface area (Å²) in [5, 5.41) is 8.80. The van der Waals surface area contributed by atoms with Gasteiger partial charge in [0.2, 0.25) is 5.91 Å². The van der Waals surface area contributed by atoms with Crippen molar-refractivity contribution in [3.8, 4) is 22.5 Å². The summed E-state index contributed by atoms with van der Waals surface area (Å²) in [4.78, 5) is 30.4. The van der Waals surface area contributed by atoms with Gasteiger partial charge < -0.3 is 9.88 Å². The molecule has 0 unspecified atom stereocenters. The van der Waals surface area contributed by atoms with Gasteiger partial charge in [-0.15, -0.1) is 0 Å². The number of rotatable bonds is 7. The second-order valence-electron chi connectivity index (χ2n) is 6.52. The van der Waals surface area contributed by atoms with E-state index in [2.05, 4.69) is 25.5 Å². The van der Waals surface area contributed by atoms with Crippen molar-refractivity contribution in [1.82, 2.24) is 30.0 Å². The van der Waals surface area contributed by atoms with Crippen LogP contribution in [0.3, 0.4) is 0 Å². The first-order chi connectivity index (χ1) is 14.2. The van der Waals surface area contributed by atoms with Crippen molar-refractivity contribution in [2.75, 3.05) is 0 Å². The molecule has 0 fully saturated rings. The highest BCUT2D eigenvalue weighted by molar-refractivity contribution is 5.79. The molecule has 4 rings (SSSR count). The Balaban J connectivity index is 1.52. The topological polar surface area (TPSA) is 108 Å². The summed E-state index contributed by atoms with van der Waals surface area (Å²) in [6.45, 7) is 0.648. The van der Waals surface area contributed by atoms with Crippen LogP contribution >= 0.6 is 0 Å². The highest BCUT2D eigenvalue weighted by atomic mass is 16.2. The van der Waals surface area contributed by atoms with Crippen molar-refractivity contribution in [3.63, 3.8) is 0 Å². The van der Waals surface area contributed by atoms with Gasteiger partial charge in [0.15, 0.2) is 0 Å². The Morgan fingerprint density at radius 3 is 2.34 bits per heavy atom. The number of hydrogen-bond donors (Lipinski definition) is 3. The van der Waals surface area contributed by atoms with Crippen molar-refractivity contribution in [1.29, 1.82) is 0 Å². The SMILES string of the molecule is O=C(CCn1cnc(-c2ccccc2)c1-c1ccccc1)NCc1n[nH]c(=O)[nH]1. The Labute approximate surface area is 166 Å². The van der Waals surface area contributed by atoms with Crippen molar-refractivity contribution >= 4 is 5.91 Å². The summed E-state index contributed by atoms with van der Waals surface area (Å²) in [7, 11) is 0. The summed E-state index contributed by atoms with van der Waals surface area (Å²) >= 11 is 0. The summed E-state index contributed by atoms with van der Waals surface area (Å²) in [6.07, 6.45) is 2.04. The molecule has 0 saturated heterocycles. The lowest BCUT2D eigenvalue weighted by molar-refractivity contribution is -0.121. The quantitative estimate of drug-likeness (QED) is 0.451. The monoisotopic (exact) mass is 388 g/mol. The van der Waals surface area contributed by atoms with Crippen LogP contribution in [0, 0.1) is 0 Å². The number of H-pyrrole nitrogens is 2. The van der Waals surface area contributed by atoms with Gasteiger partial charge in [0.1, 0.15) is 5.82 Å². The molecule has 0 atom stereocenters. The molecule has 0 radical (unpaired) electrons. The number of aromatic nitrogens is 5. The molecule has 2 heterocycles. The van der Waals surface area contributed by atoms with Crippen LogP contribution in [0.4, 0.5) is 0 Å². The van der Waals surface area contributed by atoms with Gasteiger partial charge in [-0.1, -0.05) is 60.7 Å². The molecule has 146 valence electrons. The molecular formula is C21H20N6O2. The molecule has 0 bridgehead atoms. The summed E-state index contributed by atoms with van der Waals surface area (Å²) in [5.41, 5.74) is 3.52. The third-order valence-corrected chi connectivity index (χ3v) is 4.52. The predicted octanol–water partition coefficient (Wildman–Crippen LogP) is 2.33. The summed E-state index contributed by atoms with van der Waals surface area (Å²) in [6, 6.07) is 20.0. The van der Waals surface area contributed by atoms with Gasteiger partial charge in [0.25, 0.3) is 0 Å². The third kappa shape index (κ3) is 4.32. The predicted molar refractivity (Wildman–Crippen MR) is 109 cm³/mol. The molecule has 8 heteroatoms. The number of aryl methyl sites for hydroxylation is 1. The normalized spacial score (nSPS) is 10.8. The third-order valence-electron chi connectivity index (χ3n) is 4.52. The van der Waals surface area contributed by atoms with Crippen LogP contribution in [-0.2, 0) is 17.9 Å². The maximum atomic E-state index is 12.2. The summed E-state index contributed by atoms with van der Waals surface area (Å²) < 4.78 is 1.99. The van der Waals surface area contributed by atoms with Gasteiger partial charge in [-0.05, 0) is 0 Å². The Morgan fingerprint density at radius 1 is 1.00 bits per heavy atom. The maximum absolute atomic E-state index is 12.2. The minimum absolute atomic E-state index is 0.136. The maximum Gasteiger partial charge on any atom is 0.340 e. The largest absolute Gasteiger partial charge is 0.349 e. The van der Waals surface area contributed by atoms with E-state index in [1.807, 2.05) is 65.2 Å². The Bertz CT molecular complexity index is 1140. The van der Waals surface area contributed by atoms with E-state index in [-0.39, 0.29) is 18.9 Å². The molecule has 4 aromatic rings. The Kier molecular flexibility index (Phi) is 5.33. The first kappa shape index (κ1) is 18.4. The Hall–Kier alpha value is -3.94. The molecule has 8 nitrogen and oxygen atoms in total. The first-order valence-electron chi connectivity index (χ1n) is 9.27. The zero-order valence-corrected chi connectivity index (χ0v) is 15.6. The molecule has 3 N–H and O–H groups in total. The first-order valence-corrected chi connectivity index (χ1v) is 9.27. The standard InChI is InChI=1S/C21H20N6O2/c28-18(22-13-17-24-21(29)26-25-17)11-12-27-14-23-19(15-7-3-1-4-8-15)20(27)16-9-5-2-6-10-16/h1-10,14H,11-13H2,(H,22,28)(H2,24,25,26,29). The van der Waals surface area contributed by atoms with Crippen molar-refractivity contribution < 1.29 is 4.79 Å². The molecule has 29 heavy (non-hydrogen) atoms. The van der Waals surface area contributed by atoms with Gasteiger partial charge in [0, 0.05) is 24.1 Å². The van der Waals surface area contributed by atoms with Gasteiger partial charge >= 0.3 is 5.69 Å². The lowest BCUT2D eigenvalue weighted by Crippen LogP contribution is -2.24. The number of hydrogen-bond acceptors (Lipinski definition) is 4. The van der Waals surface area contributed by atoms with E-state index < -0.39 is 5.69 Å². The minimum Gasteiger partial charge on any atom is -0.349 e. The molecule has 0 aliphatic carbocycles. The molecule has 0 aliphatic rings. The van der Waals surface area contributed by atoms with Gasteiger partial charge in [-0.2, -0.15) is 5.10 Å². The highest BCUT2D eigenvalue weighted by Crippen LogP contribution is 2.31. The lowest BCUT2D eigenvalue weighted by Gasteiger charge is -2.11. The van der Waals surface area contributed by atoms with E-state index in [0.717, 1.165) is 22.5 Å². The van der Waals surface area contributed by atoms with Gasteiger partial charge in [0.05, 0.1) is 24.3 Å². The van der Waals surface area contributed by atoms with Crippen LogP contribution in [0.5, 0.6) is 0 Å². The number of benzene rings is 2. The molecular weight excluding hydrogens is 368 g/mol. The smallest absolute Gasteiger partial charge is 0.340 e. The van der Waals surface area contributed by atoms with Crippen LogP contribution in [-0.4, -0.2) is 30.6 Å². The van der Waals surface area contributed by atoms with Crippen LogP contribution in [0.1, 0.15) is 12.2 Å². The van der Waals surface area contributed by atoms with Crippen molar-refractivity contribution in [3.05, 3.63) is 83.3 Å². The van der Waals surface area contributed by atoms with Crippen molar-refractivity contribution in [2.45, 2.75) is 19.5 Å². The van der Waals surface area contributed by atoms with Crippen LogP contribution in [0.15, 0.2) is 71.8 Å². The zero-order chi connectivity index (χ0) is 20.1. The van der Waals surface area contributed by atoms with E-state index in [4.69, 9.17) is 0 Å². The molecule has 1 amide bonds. The zero-order valence-electron chi connectivity index (χ0n) is 15.6. The second-order valence-corrected chi connectivity index (χ2v) is 6.52. The number of nitrogens with one attached hydrogen (secondary N) is 3. The number of nitrogens with zero attached hydrogens (tertiary/aromatic N) is 3. The molecule has 0 spiro atoms. The second kappa shape index (κ2) is 8.39. The van der Waals surface area contributed by atoms with Crippen molar-refractivity contribution in [2.24, 2.45) is 0 Å². The summed E-state index contributed by atoms with van der Waals surface area (Å²) in [5.74, 6) is 0.255. The number of imidazole rings is 1. The highest BCUT2D eigenvalue weighted by Gasteiger charge is 2.15. The lowest BCUT2D eigenvalue weighted by atomic mass is 10.0. The van der Waals surface area contributed by atoms with Crippen LogP contribution < -0.4 is 11.0 Å². The fourth-order valence-corrected chi connectivity index (χ4v) is 3.14. The van der Waals surface area contributed by atoms with E-state index in [9.17, 15) is 9.59 Å². The van der Waals surface area contributed by atoms with E-state index >= 15 is 0 Å². The van der Waals surface area contributed by atoms with Gasteiger partial charge in [-0.25, -0.2) is 14.9 Å². The number of carbonyl (C=O) groups excluding carboxylic acids is 1. The molecule has 2 aromatic carbocycles. The minimum atomic E-state index is -0.395. The van der Waals surface area contributed by atoms with E-state index in [1.54, 1.807) is 6.33 Å². The van der Waals surface area contributed by atoms with Crippen LogP contribution in [0.25, 0.3) is 22.5 Å². The molecule has 0 saturated carbocycles. The van der Waals surface area contributed by atoms with Crippen LogP contribution in [0.2, 0.25) is 0 Å². The Morgan fingerprint density at radius 2 is 1.69 bits per heavy atom. The van der Waals surface area contributed by atoms with E-state index in [1.165, 1.54) is 0 Å². The van der Waals surface area contributed by atoms with Gasteiger partial charge in [-0.3, -0.25) is 9.78 Å². The molecule has 0 aliphatic heterocycles. The number of carbonyl (C=O) groups is 1. The number of amides is 1.